The van der Waals surface area contributed by atoms with Crippen molar-refractivity contribution in [2.24, 2.45) is 0 Å². The van der Waals surface area contributed by atoms with E-state index in [-0.39, 0.29) is 0 Å². The van der Waals surface area contributed by atoms with Gasteiger partial charge in [0.25, 0.3) is 0 Å². The Morgan fingerprint density at radius 1 is 1.36 bits per heavy atom. The van der Waals surface area contributed by atoms with Gasteiger partial charge in [-0.15, -0.1) is 11.3 Å². The molecular formula is C7H7Br2NS. The van der Waals surface area contributed by atoms with E-state index >= 15 is 0 Å². The second-order valence-corrected chi connectivity index (χ2v) is 5.73. The maximum atomic E-state index is 3.57. The van der Waals surface area contributed by atoms with Gasteiger partial charge in [0.05, 0.1) is 3.79 Å². The summed E-state index contributed by atoms with van der Waals surface area (Å²) in [4.78, 5) is 1.47. The van der Waals surface area contributed by atoms with E-state index in [1.54, 1.807) is 0 Å². The summed E-state index contributed by atoms with van der Waals surface area (Å²) < 4.78 is 2.49. The van der Waals surface area contributed by atoms with Crippen molar-refractivity contribution in [1.82, 2.24) is 5.32 Å². The SMILES string of the molecule is Brc1sc2c(c1Br)CCNC2. The molecule has 0 spiro atoms. The molecule has 11 heavy (non-hydrogen) atoms. The Morgan fingerprint density at radius 2 is 2.18 bits per heavy atom. The first-order valence-electron chi connectivity index (χ1n) is 3.45. The molecule has 0 fully saturated rings. The fourth-order valence-electron chi connectivity index (χ4n) is 1.26. The van der Waals surface area contributed by atoms with Gasteiger partial charge in [0.1, 0.15) is 0 Å². The van der Waals surface area contributed by atoms with Crippen LogP contribution in [0, 0.1) is 0 Å². The molecule has 1 aliphatic rings. The molecule has 1 N–H and O–H groups in total. The minimum atomic E-state index is 1.03. The van der Waals surface area contributed by atoms with Crippen LogP contribution in [0.4, 0.5) is 0 Å². The van der Waals surface area contributed by atoms with Crippen molar-refractivity contribution < 1.29 is 0 Å². The molecule has 0 amide bonds. The van der Waals surface area contributed by atoms with Crippen LogP contribution >= 0.6 is 43.2 Å². The van der Waals surface area contributed by atoms with Gasteiger partial charge < -0.3 is 5.32 Å². The summed E-state index contributed by atoms with van der Waals surface area (Å²) in [5.74, 6) is 0. The zero-order chi connectivity index (χ0) is 7.84. The van der Waals surface area contributed by atoms with E-state index in [2.05, 4.69) is 37.2 Å². The predicted molar refractivity (Wildman–Crippen MR) is 55.1 cm³/mol. The molecule has 2 rings (SSSR count). The van der Waals surface area contributed by atoms with E-state index in [0.717, 1.165) is 19.5 Å². The molecule has 1 aromatic heterocycles. The summed E-state index contributed by atoms with van der Waals surface area (Å²) in [6.07, 6.45) is 1.15. The van der Waals surface area contributed by atoms with Crippen molar-refractivity contribution in [1.29, 1.82) is 0 Å². The maximum absolute atomic E-state index is 3.57. The average Bonchev–Trinajstić information content (AvgIpc) is 2.30. The predicted octanol–water partition coefficient (Wildman–Crippen LogP) is 2.92. The number of hydrogen-bond donors (Lipinski definition) is 1. The van der Waals surface area contributed by atoms with Gasteiger partial charge in [-0.25, -0.2) is 0 Å². The summed E-state index contributed by atoms with van der Waals surface area (Å²) >= 11 is 8.92. The Labute approximate surface area is 86.4 Å². The molecule has 0 radical (unpaired) electrons. The summed E-state index contributed by atoms with van der Waals surface area (Å²) in [6.45, 7) is 2.14. The normalized spacial score (nSPS) is 16.5. The molecular weight excluding hydrogens is 290 g/mol. The highest BCUT2D eigenvalue weighted by Gasteiger charge is 2.16. The highest BCUT2D eigenvalue weighted by molar-refractivity contribution is 9.13. The average molecular weight is 297 g/mol. The van der Waals surface area contributed by atoms with E-state index < -0.39 is 0 Å². The molecule has 1 aromatic rings. The Hall–Kier alpha value is 0.620. The largest absolute Gasteiger partial charge is 0.312 e. The molecule has 0 unspecified atom stereocenters. The molecule has 0 bridgehead atoms. The number of fused-ring (bicyclic) bond motifs is 1. The van der Waals surface area contributed by atoms with Crippen LogP contribution < -0.4 is 5.32 Å². The number of rotatable bonds is 0. The van der Waals surface area contributed by atoms with Gasteiger partial charge in [-0.3, -0.25) is 0 Å². The van der Waals surface area contributed by atoms with Crippen LogP contribution in [0.1, 0.15) is 10.4 Å². The second-order valence-electron chi connectivity index (χ2n) is 2.52. The van der Waals surface area contributed by atoms with Crippen molar-refractivity contribution in [2.75, 3.05) is 6.54 Å². The number of nitrogens with one attached hydrogen (secondary N) is 1. The monoisotopic (exact) mass is 295 g/mol. The molecule has 60 valence electrons. The molecule has 1 nitrogen and oxygen atoms in total. The van der Waals surface area contributed by atoms with Crippen molar-refractivity contribution in [3.8, 4) is 0 Å². The fourth-order valence-corrected chi connectivity index (χ4v) is 3.83. The van der Waals surface area contributed by atoms with Gasteiger partial charge in [-0.2, -0.15) is 0 Å². The molecule has 0 saturated heterocycles. The minimum absolute atomic E-state index is 1.03. The zero-order valence-corrected chi connectivity index (χ0v) is 9.77. The highest BCUT2D eigenvalue weighted by atomic mass is 79.9. The van der Waals surface area contributed by atoms with Gasteiger partial charge in [0.15, 0.2) is 0 Å². The first kappa shape index (κ1) is 8.23. The third-order valence-electron chi connectivity index (χ3n) is 1.82. The fraction of sp³-hybridized carbons (Fsp3) is 0.429. The number of hydrogen-bond acceptors (Lipinski definition) is 2. The van der Waals surface area contributed by atoms with Crippen LogP contribution in [0.2, 0.25) is 0 Å². The van der Waals surface area contributed by atoms with E-state index in [0.29, 0.717) is 0 Å². The Morgan fingerprint density at radius 3 is 2.91 bits per heavy atom. The Bertz CT molecular complexity index is 282. The lowest BCUT2D eigenvalue weighted by atomic mass is 10.1. The maximum Gasteiger partial charge on any atom is 0.0846 e. The lowest BCUT2D eigenvalue weighted by Gasteiger charge is -2.11. The van der Waals surface area contributed by atoms with Crippen LogP contribution in [0.3, 0.4) is 0 Å². The van der Waals surface area contributed by atoms with Crippen molar-refractivity contribution in [3.05, 3.63) is 18.7 Å². The van der Waals surface area contributed by atoms with Crippen molar-refractivity contribution >= 4 is 43.2 Å². The molecule has 0 aromatic carbocycles. The number of halogens is 2. The first-order chi connectivity index (χ1) is 5.29. The molecule has 0 aliphatic carbocycles. The third-order valence-corrected chi connectivity index (χ3v) is 5.40. The summed E-state index contributed by atoms with van der Waals surface area (Å²) in [5.41, 5.74) is 1.49. The lowest BCUT2D eigenvalue weighted by molar-refractivity contribution is 0.653. The quantitative estimate of drug-likeness (QED) is 0.776. The van der Waals surface area contributed by atoms with Gasteiger partial charge in [0, 0.05) is 15.9 Å². The Balaban J connectivity index is 2.50. The second kappa shape index (κ2) is 3.17. The molecule has 1 aliphatic heterocycles. The molecule has 2 heterocycles. The van der Waals surface area contributed by atoms with Crippen molar-refractivity contribution in [3.63, 3.8) is 0 Å². The molecule has 4 heteroatoms. The molecule has 0 saturated carbocycles. The first-order valence-corrected chi connectivity index (χ1v) is 5.85. The summed E-state index contributed by atoms with van der Waals surface area (Å²) in [5, 5.41) is 3.35. The standard InChI is InChI=1S/C7H7Br2NS/c8-6-4-1-2-10-3-5(4)11-7(6)9/h10H,1-3H2. The Kier molecular flexibility index (Phi) is 2.37. The molecule has 0 atom stereocenters. The van der Waals surface area contributed by atoms with E-state index in [9.17, 15) is 0 Å². The van der Waals surface area contributed by atoms with Crippen LogP contribution in [0.15, 0.2) is 8.26 Å². The van der Waals surface area contributed by atoms with Gasteiger partial charge in [-0.1, -0.05) is 0 Å². The zero-order valence-electron chi connectivity index (χ0n) is 5.79. The summed E-state index contributed by atoms with van der Waals surface area (Å²) in [7, 11) is 0. The lowest BCUT2D eigenvalue weighted by Crippen LogP contribution is -2.21. The topological polar surface area (TPSA) is 12.0 Å². The van der Waals surface area contributed by atoms with E-state index in [1.807, 2.05) is 11.3 Å². The van der Waals surface area contributed by atoms with Crippen LogP contribution in [0.25, 0.3) is 0 Å². The third kappa shape index (κ3) is 1.41. The van der Waals surface area contributed by atoms with Crippen LogP contribution in [-0.2, 0) is 13.0 Å². The van der Waals surface area contributed by atoms with E-state index in [1.165, 1.54) is 18.7 Å². The van der Waals surface area contributed by atoms with Gasteiger partial charge >= 0.3 is 0 Å². The van der Waals surface area contributed by atoms with Crippen LogP contribution in [0.5, 0.6) is 0 Å². The smallest absolute Gasteiger partial charge is 0.0846 e. The summed E-state index contributed by atoms with van der Waals surface area (Å²) in [6, 6.07) is 0. The van der Waals surface area contributed by atoms with Crippen molar-refractivity contribution in [2.45, 2.75) is 13.0 Å². The minimum Gasteiger partial charge on any atom is -0.312 e. The number of thiophene rings is 1. The van der Waals surface area contributed by atoms with Crippen LogP contribution in [-0.4, -0.2) is 6.54 Å². The van der Waals surface area contributed by atoms with Gasteiger partial charge in [-0.05, 0) is 50.4 Å². The highest BCUT2D eigenvalue weighted by Crippen LogP contribution is 2.38. The van der Waals surface area contributed by atoms with E-state index in [4.69, 9.17) is 0 Å². The van der Waals surface area contributed by atoms with Gasteiger partial charge in [0.2, 0.25) is 0 Å².